The van der Waals surface area contributed by atoms with E-state index in [1.165, 1.54) is 0 Å². The highest BCUT2D eigenvalue weighted by molar-refractivity contribution is 6.36. The van der Waals surface area contributed by atoms with Crippen molar-refractivity contribution >= 4 is 34.1 Å². The minimum atomic E-state index is 0.183. The summed E-state index contributed by atoms with van der Waals surface area (Å²) in [4.78, 5) is 4.69. The van der Waals surface area contributed by atoms with Crippen LogP contribution in [0.1, 0.15) is 30.1 Å². The zero-order valence-corrected chi connectivity index (χ0v) is 16.5. The van der Waals surface area contributed by atoms with Crippen LogP contribution in [0.25, 0.3) is 22.0 Å². The standard InChI is InChI=1S/C20H21Cl2N3O2/c1-11-15(9-23)18(14-3-2-12(21)8-16(14)22)19-17(24-11)10-25(20(19)26)13-4-6-27-7-5-13/h2-3,8,10,13,26H,4-7,9,23H2,1H3. The first-order valence-electron chi connectivity index (χ1n) is 8.97. The number of aromatic hydroxyl groups is 1. The first-order valence-corrected chi connectivity index (χ1v) is 9.73. The van der Waals surface area contributed by atoms with Gasteiger partial charge in [0, 0.05) is 58.9 Å². The highest BCUT2D eigenvalue weighted by Gasteiger charge is 2.25. The molecule has 1 saturated heterocycles. The molecule has 0 amide bonds. The summed E-state index contributed by atoms with van der Waals surface area (Å²) < 4.78 is 7.36. The van der Waals surface area contributed by atoms with Crippen LogP contribution in [0.2, 0.25) is 10.0 Å². The van der Waals surface area contributed by atoms with E-state index in [4.69, 9.17) is 38.7 Å². The van der Waals surface area contributed by atoms with E-state index in [9.17, 15) is 5.11 Å². The number of benzene rings is 1. The molecule has 1 aliphatic rings. The maximum Gasteiger partial charge on any atom is 0.201 e. The zero-order chi connectivity index (χ0) is 19.1. The van der Waals surface area contributed by atoms with Crippen LogP contribution in [0.4, 0.5) is 0 Å². The van der Waals surface area contributed by atoms with Crippen LogP contribution < -0.4 is 5.73 Å². The summed E-state index contributed by atoms with van der Waals surface area (Å²) in [5.74, 6) is 0.195. The molecule has 4 rings (SSSR count). The molecule has 1 aromatic carbocycles. The van der Waals surface area contributed by atoms with Gasteiger partial charge in [-0.05, 0) is 37.5 Å². The molecule has 3 heterocycles. The van der Waals surface area contributed by atoms with Gasteiger partial charge in [-0.1, -0.05) is 29.3 Å². The molecular weight excluding hydrogens is 385 g/mol. The Morgan fingerprint density at radius 1 is 1.30 bits per heavy atom. The third-order valence-electron chi connectivity index (χ3n) is 5.25. The largest absolute Gasteiger partial charge is 0.494 e. The van der Waals surface area contributed by atoms with Crippen LogP contribution in [0.3, 0.4) is 0 Å². The molecule has 5 nitrogen and oxygen atoms in total. The molecule has 1 aliphatic heterocycles. The zero-order valence-electron chi connectivity index (χ0n) is 15.0. The fourth-order valence-corrected chi connectivity index (χ4v) is 4.39. The number of hydrogen-bond acceptors (Lipinski definition) is 4. The summed E-state index contributed by atoms with van der Waals surface area (Å²) in [7, 11) is 0. The number of nitrogens with two attached hydrogens (primary N) is 1. The Labute approximate surface area is 167 Å². The number of aromatic nitrogens is 2. The Bertz CT molecular complexity index is 1010. The highest BCUT2D eigenvalue weighted by Crippen LogP contribution is 2.43. The van der Waals surface area contributed by atoms with Gasteiger partial charge in [-0.15, -0.1) is 0 Å². The van der Waals surface area contributed by atoms with Crippen molar-refractivity contribution in [1.29, 1.82) is 0 Å². The van der Waals surface area contributed by atoms with Gasteiger partial charge in [-0.2, -0.15) is 0 Å². The average Bonchev–Trinajstić information content (AvgIpc) is 2.98. The van der Waals surface area contributed by atoms with Crippen molar-refractivity contribution in [3.05, 3.63) is 45.7 Å². The van der Waals surface area contributed by atoms with Crippen LogP contribution >= 0.6 is 23.2 Å². The molecule has 0 saturated carbocycles. The quantitative estimate of drug-likeness (QED) is 0.653. The Hall–Kier alpha value is -1.79. The summed E-state index contributed by atoms with van der Waals surface area (Å²) in [6.45, 7) is 3.60. The molecule has 3 N–H and O–H groups in total. The highest BCUT2D eigenvalue weighted by atomic mass is 35.5. The van der Waals surface area contributed by atoms with Gasteiger partial charge in [-0.3, -0.25) is 4.98 Å². The Morgan fingerprint density at radius 2 is 2.04 bits per heavy atom. The van der Waals surface area contributed by atoms with Crippen LogP contribution in [-0.4, -0.2) is 27.9 Å². The van der Waals surface area contributed by atoms with E-state index in [1.54, 1.807) is 12.1 Å². The van der Waals surface area contributed by atoms with Crippen molar-refractivity contribution < 1.29 is 9.84 Å². The van der Waals surface area contributed by atoms with Crippen LogP contribution in [-0.2, 0) is 11.3 Å². The van der Waals surface area contributed by atoms with Crippen molar-refractivity contribution in [3.8, 4) is 17.0 Å². The second kappa shape index (κ2) is 7.32. The summed E-state index contributed by atoms with van der Waals surface area (Å²) in [5, 5.41) is 12.9. The minimum absolute atomic E-state index is 0.183. The third-order valence-corrected chi connectivity index (χ3v) is 5.80. The van der Waals surface area contributed by atoms with Gasteiger partial charge in [0.15, 0.2) is 0 Å². The second-order valence-electron chi connectivity index (χ2n) is 6.84. The summed E-state index contributed by atoms with van der Waals surface area (Å²) in [6.07, 6.45) is 3.63. The number of rotatable bonds is 3. The monoisotopic (exact) mass is 405 g/mol. The number of fused-ring (bicyclic) bond motifs is 1. The molecule has 0 atom stereocenters. The maximum absolute atomic E-state index is 11.1. The van der Waals surface area contributed by atoms with Crippen molar-refractivity contribution in [2.75, 3.05) is 13.2 Å². The molecule has 0 spiro atoms. The number of nitrogens with zero attached hydrogens (tertiary/aromatic N) is 2. The van der Waals surface area contributed by atoms with E-state index < -0.39 is 0 Å². The Balaban J connectivity index is 2.01. The van der Waals surface area contributed by atoms with Gasteiger partial charge >= 0.3 is 0 Å². The summed E-state index contributed by atoms with van der Waals surface area (Å²) >= 11 is 12.6. The predicted molar refractivity (Wildman–Crippen MR) is 109 cm³/mol. The van der Waals surface area contributed by atoms with E-state index in [1.807, 2.05) is 23.8 Å². The van der Waals surface area contributed by atoms with Gasteiger partial charge < -0.3 is 20.1 Å². The molecule has 1 fully saturated rings. The smallest absolute Gasteiger partial charge is 0.201 e. The van der Waals surface area contributed by atoms with Crippen LogP contribution in [0, 0.1) is 6.92 Å². The van der Waals surface area contributed by atoms with Gasteiger partial charge in [0.1, 0.15) is 0 Å². The van der Waals surface area contributed by atoms with Gasteiger partial charge in [0.25, 0.3) is 0 Å². The van der Waals surface area contributed by atoms with Crippen LogP contribution in [0.15, 0.2) is 24.4 Å². The van der Waals surface area contributed by atoms with E-state index >= 15 is 0 Å². The SMILES string of the molecule is Cc1nc2cn(C3CCOCC3)c(O)c2c(-c2ccc(Cl)cc2Cl)c1CN. The topological polar surface area (TPSA) is 73.3 Å². The second-order valence-corrected chi connectivity index (χ2v) is 7.69. The lowest BCUT2D eigenvalue weighted by Gasteiger charge is -2.24. The van der Waals surface area contributed by atoms with E-state index in [-0.39, 0.29) is 11.9 Å². The van der Waals surface area contributed by atoms with E-state index in [2.05, 4.69) is 0 Å². The first kappa shape index (κ1) is 18.6. The Kier molecular flexibility index (Phi) is 5.03. The number of halogens is 2. The maximum atomic E-state index is 11.1. The lowest BCUT2D eigenvalue weighted by Crippen LogP contribution is -2.18. The van der Waals surface area contributed by atoms with Crippen molar-refractivity contribution in [2.45, 2.75) is 32.4 Å². The fourth-order valence-electron chi connectivity index (χ4n) is 3.89. The Morgan fingerprint density at radius 3 is 2.70 bits per heavy atom. The van der Waals surface area contributed by atoms with Crippen molar-refractivity contribution in [3.63, 3.8) is 0 Å². The molecule has 27 heavy (non-hydrogen) atoms. The van der Waals surface area contributed by atoms with Crippen LogP contribution in [0.5, 0.6) is 5.88 Å². The summed E-state index contributed by atoms with van der Waals surface area (Å²) in [5.41, 5.74) is 10.1. The molecule has 0 bridgehead atoms. The van der Waals surface area contributed by atoms with Crippen molar-refractivity contribution in [2.24, 2.45) is 5.73 Å². The number of aryl methyl sites for hydroxylation is 1. The van der Waals surface area contributed by atoms with Gasteiger partial charge in [0.2, 0.25) is 5.88 Å². The number of pyridine rings is 1. The van der Waals surface area contributed by atoms with E-state index in [0.29, 0.717) is 35.2 Å². The molecule has 142 valence electrons. The fraction of sp³-hybridized carbons (Fsp3) is 0.350. The lowest BCUT2D eigenvalue weighted by atomic mass is 9.95. The molecule has 2 aromatic heterocycles. The first-order chi connectivity index (χ1) is 13.0. The molecule has 0 aliphatic carbocycles. The normalized spacial score (nSPS) is 15.6. The van der Waals surface area contributed by atoms with Crippen molar-refractivity contribution in [1.82, 2.24) is 9.55 Å². The average molecular weight is 406 g/mol. The van der Waals surface area contributed by atoms with Gasteiger partial charge in [-0.25, -0.2) is 0 Å². The lowest BCUT2D eigenvalue weighted by molar-refractivity contribution is 0.0678. The molecule has 0 unspecified atom stereocenters. The minimum Gasteiger partial charge on any atom is -0.494 e. The molecule has 3 aromatic rings. The molecule has 7 heteroatoms. The van der Waals surface area contributed by atoms with Gasteiger partial charge in [0.05, 0.1) is 10.9 Å². The summed E-state index contributed by atoms with van der Waals surface area (Å²) in [6, 6.07) is 5.54. The molecular formula is C20H21Cl2N3O2. The predicted octanol–water partition coefficient (Wildman–Crippen LogP) is 4.83. The third kappa shape index (κ3) is 3.19. The van der Waals surface area contributed by atoms with E-state index in [0.717, 1.165) is 40.7 Å². The molecule has 0 radical (unpaired) electrons. The number of ether oxygens (including phenoxy) is 1. The number of hydrogen-bond donors (Lipinski definition) is 2.